The normalized spacial score (nSPS) is 1.12. The molecule has 1 atom stereocenters. The van der Waals surface area contributed by atoms with Crippen molar-refractivity contribution in [2.75, 3.05) is 0 Å². The van der Waals surface area contributed by atoms with Crippen LogP contribution in [-0.4, -0.2) is 6.72 Å². The molecule has 8 heavy (non-hydrogen) atoms. The van der Waals surface area contributed by atoms with Crippen LogP contribution >= 0.6 is 21.3 Å². The Morgan fingerprint density at radius 3 is 1.00 bits per heavy atom. The fourth-order valence-corrected chi connectivity index (χ4v) is 0. The molecule has 0 aliphatic rings. The van der Waals surface area contributed by atoms with Gasteiger partial charge in [0.25, 0.3) is 0 Å². The van der Waals surface area contributed by atoms with Crippen LogP contribution in [0.2, 0.25) is 0 Å². The van der Waals surface area contributed by atoms with E-state index in [-0.39, 0.29) is 77.1 Å². The minimum absolute atomic E-state index is 0. The van der Waals surface area contributed by atoms with E-state index >= 15 is 0 Å². The predicted octanol–water partition coefficient (Wildman–Crippen LogP) is 2.19. The summed E-state index contributed by atoms with van der Waals surface area (Å²) < 4.78 is 0. The third-order valence-corrected chi connectivity index (χ3v) is 0. The van der Waals surface area contributed by atoms with Crippen molar-refractivity contribution >= 4 is 28.0 Å². The maximum absolute atomic E-state index is 4.08. The van der Waals surface area contributed by atoms with Gasteiger partial charge < -0.3 is 15.9 Å². The van der Waals surface area contributed by atoms with Crippen molar-refractivity contribution in [3.05, 3.63) is 6.66 Å². The SMILES string of the molecule is C.C.[B]=S.[CH2-]P.[U].[U]. The Morgan fingerprint density at radius 2 is 1.00 bits per heavy atom. The van der Waals surface area contributed by atoms with Gasteiger partial charge in [-0.05, 0) is 0 Å². The van der Waals surface area contributed by atoms with E-state index in [1.54, 1.807) is 0 Å². The number of hydrogen-bond donors (Lipinski definition) is 0. The van der Waals surface area contributed by atoms with E-state index in [4.69, 9.17) is 0 Å². The van der Waals surface area contributed by atoms with Gasteiger partial charge in [-0.2, -0.15) is 0 Å². The van der Waals surface area contributed by atoms with Crippen LogP contribution in [0.4, 0.5) is 0 Å². The van der Waals surface area contributed by atoms with E-state index in [9.17, 15) is 0 Å². The van der Waals surface area contributed by atoms with E-state index in [1.165, 1.54) is 0 Å². The van der Waals surface area contributed by atoms with Gasteiger partial charge in [0.15, 0.2) is 0 Å². The zero-order valence-corrected chi connectivity index (χ0v) is 13.6. The maximum atomic E-state index is 4.08. The topological polar surface area (TPSA) is 0 Å². The molecule has 0 amide bonds. The summed E-state index contributed by atoms with van der Waals surface area (Å²) in [5.74, 6) is 0. The first-order chi connectivity index (χ1) is 2.00. The van der Waals surface area contributed by atoms with Crippen LogP contribution < -0.4 is 0 Å². The van der Waals surface area contributed by atoms with Gasteiger partial charge in [0.05, 0.1) is 0 Å². The summed E-state index contributed by atoms with van der Waals surface area (Å²) in [7, 11) is 2.17. The van der Waals surface area contributed by atoms with Gasteiger partial charge in [0.1, 0.15) is 0 Å². The average Bonchev–Trinajstić information content (AvgIpc) is 1.50. The first kappa shape index (κ1) is 44.9. The van der Waals surface area contributed by atoms with Gasteiger partial charge in [-0.15, -0.1) is 0 Å². The van der Waals surface area contributed by atoms with Crippen molar-refractivity contribution in [1.29, 1.82) is 0 Å². The van der Waals surface area contributed by atoms with Gasteiger partial charge in [0.2, 0.25) is 0 Å². The second-order valence-electron chi connectivity index (χ2n) is 0. The summed E-state index contributed by atoms with van der Waals surface area (Å²) in [6.45, 7) is 7.25. The molecule has 47 valence electrons. The standard InChI is InChI=1S/CH4P.2CH4.BS.2U/c1-2;;;1-2;;/h1-2H2;2*1H4;;;/q-1;;;;;. The monoisotopic (exact) mass is 598 g/mol. The smallest absolute Gasteiger partial charge is 0 e. The Bertz CT molecular complexity index is 17.2. The van der Waals surface area contributed by atoms with Crippen LogP contribution in [0.1, 0.15) is 14.9 Å². The van der Waals surface area contributed by atoms with Crippen molar-refractivity contribution in [1.82, 2.24) is 0 Å². The molecule has 5 heteroatoms. The molecule has 0 N–H and O–H groups in total. The van der Waals surface area contributed by atoms with Gasteiger partial charge in [-0.25, -0.2) is 0 Å². The first-order valence-corrected chi connectivity index (χ1v) is 1.93. The van der Waals surface area contributed by atoms with Crippen molar-refractivity contribution in [2.24, 2.45) is 0 Å². The molecule has 0 aliphatic heterocycles. The Morgan fingerprint density at radius 1 is 1.00 bits per heavy atom. The van der Waals surface area contributed by atoms with E-state index in [0.717, 1.165) is 0 Å². The Labute approximate surface area is 110 Å². The summed E-state index contributed by atoms with van der Waals surface area (Å²) in [6, 6.07) is 0. The Hall–Kier alpha value is 2.82. The minimum atomic E-state index is 0. The molecule has 0 heterocycles. The molecule has 0 aromatic heterocycles. The minimum Gasteiger partial charge on any atom is -0.323 e. The molecule has 0 nitrogen and oxygen atoms in total. The molecule has 0 bridgehead atoms. The number of hydrogen-bond acceptors (Lipinski definition) is 1. The summed E-state index contributed by atoms with van der Waals surface area (Å²) >= 11 is 3.58. The van der Waals surface area contributed by atoms with E-state index in [1.807, 2.05) is 0 Å². The van der Waals surface area contributed by atoms with Gasteiger partial charge in [0, 0.05) is 62.2 Å². The van der Waals surface area contributed by atoms with Crippen LogP contribution in [-0.2, 0) is 0 Å². The Kier molecular flexibility index (Phi) is 540. The molecule has 0 aromatic carbocycles. The molecule has 0 aromatic rings. The quantitative estimate of drug-likeness (QED) is 0.235. The maximum Gasteiger partial charge on any atom is 0 e. The molecule has 0 aliphatic carbocycles. The summed E-state index contributed by atoms with van der Waals surface area (Å²) in [6.07, 6.45) is 0. The molecular weight excluding hydrogens is 586 g/mol. The molecule has 0 saturated heterocycles. The van der Waals surface area contributed by atoms with Crippen LogP contribution in [0.5, 0.6) is 0 Å². The fraction of sp³-hybridized carbons (Fsp3) is 0.667. The average molecular weight is 598 g/mol. The fourth-order valence-electron chi connectivity index (χ4n) is 0. The zero-order chi connectivity index (χ0) is 4.00. The summed E-state index contributed by atoms with van der Waals surface area (Å²) in [5.41, 5.74) is 0. The van der Waals surface area contributed by atoms with Crippen LogP contribution in [0.15, 0.2) is 0 Å². The van der Waals surface area contributed by atoms with Crippen molar-refractivity contribution in [3.63, 3.8) is 0 Å². The van der Waals surface area contributed by atoms with E-state index in [2.05, 4.69) is 34.7 Å². The number of rotatable bonds is 0. The third-order valence-electron chi connectivity index (χ3n) is 0. The second kappa shape index (κ2) is 96.1. The second-order valence-corrected chi connectivity index (χ2v) is 0. The largest absolute Gasteiger partial charge is 0.323 e. The zero-order valence-electron chi connectivity index (χ0n) is 3.27. The molecule has 0 rings (SSSR count). The summed E-state index contributed by atoms with van der Waals surface area (Å²) in [4.78, 5) is 0. The van der Waals surface area contributed by atoms with Gasteiger partial charge in [-0.3, -0.25) is 0 Å². The van der Waals surface area contributed by atoms with Crippen LogP contribution in [0.25, 0.3) is 0 Å². The van der Waals surface area contributed by atoms with Crippen molar-refractivity contribution in [3.8, 4) is 0 Å². The van der Waals surface area contributed by atoms with Crippen LogP contribution in [0.3, 0.4) is 0 Å². The molecular formula is C3H12BPSU2-. The Balaban J connectivity index is -0.00000000167. The predicted molar refractivity (Wildman–Crippen MR) is 41.9 cm³/mol. The molecule has 1 unspecified atom stereocenters. The van der Waals surface area contributed by atoms with E-state index < -0.39 is 0 Å². The summed E-state index contributed by atoms with van der Waals surface area (Å²) in [5, 5.41) is 0. The van der Waals surface area contributed by atoms with Gasteiger partial charge in [-0.1, -0.05) is 14.9 Å². The van der Waals surface area contributed by atoms with Crippen molar-refractivity contribution < 1.29 is 62.2 Å². The van der Waals surface area contributed by atoms with Crippen LogP contribution in [0, 0.1) is 68.9 Å². The molecule has 0 fully saturated rings. The first-order valence-electron chi connectivity index (χ1n) is 0.644. The third kappa shape index (κ3) is 67.9. The van der Waals surface area contributed by atoms with Crippen molar-refractivity contribution in [2.45, 2.75) is 14.9 Å². The van der Waals surface area contributed by atoms with Gasteiger partial charge >= 0.3 is 18.8 Å². The molecule has 0 saturated carbocycles. The van der Waals surface area contributed by atoms with E-state index in [0.29, 0.717) is 0 Å². The molecule has 0 spiro atoms. The molecule has 1 radical (unpaired) electrons.